The minimum atomic E-state index is -0.238. The molecule has 0 saturated carbocycles. The molecule has 1 rings (SSSR count). The van der Waals surface area contributed by atoms with E-state index in [1.165, 1.54) is 11.3 Å². The van der Waals surface area contributed by atoms with Crippen LogP contribution in [0.3, 0.4) is 0 Å². The number of ether oxygens (including phenoxy) is 1. The molecule has 0 atom stereocenters. The molecule has 0 fully saturated rings. The summed E-state index contributed by atoms with van der Waals surface area (Å²) in [6.07, 6.45) is 0.862. The van der Waals surface area contributed by atoms with Gasteiger partial charge in [-0.05, 0) is 23.9 Å². The van der Waals surface area contributed by atoms with Crippen LogP contribution >= 0.6 is 11.3 Å². The van der Waals surface area contributed by atoms with Gasteiger partial charge in [-0.25, -0.2) is 4.79 Å². The van der Waals surface area contributed by atoms with Gasteiger partial charge in [-0.1, -0.05) is 6.92 Å². The van der Waals surface area contributed by atoms with Crippen LogP contribution in [0.1, 0.15) is 23.0 Å². The molecule has 0 spiro atoms. The average Bonchev–Trinajstić information content (AvgIpc) is 2.52. The minimum absolute atomic E-state index is 0.238. The first kappa shape index (κ1) is 8.27. The van der Waals surface area contributed by atoms with Gasteiger partial charge in [0.05, 0.1) is 6.61 Å². The SMILES string of the molecule is CCCOC(=O)c1c[c]cs1. The van der Waals surface area contributed by atoms with E-state index in [0.717, 1.165) is 6.42 Å². The van der Waals surface area contributed by atoms with E-state index >= 15 is 0 Å². The van der Waals surface area contributed by atoms with Crippen LogP contribution in [-0.4, -0.2) is 12.6 Å². The highest BCUT2D eigenvalue weighted by Crippen LogP contribution is 2.09. The molecule has 0 unspecified atom stereocenters. The van der Waals surface area contributed by atoms with Crippen molar-refractivity contribution in [2.75, 3.05) is 6.61 Å². The monoisotopic (exact) mass is 169 g/mol. The van der Waals surface area contributed by atoms with E-state index in [1.807, 2.05) is 6.92 Å². The summed E-state index contributed by atoms with van der Waals surface area (Å²) >= 11 is 1.35. The number of hydrogen-bond donors (Lipinski definition) is 0. The zero-order chi connectivity index (χ0) is 8.10. The van der Waals surface area contributed by atoms with E-state index in [-0.39, 0.29) is 5.97 Å². The Balaban J connectivity index is 2.43. The molecule has 0 amide bonds. The first-order chi connectivity index (χ1) is 5.34. The third-order valence-corrected chi connectivity index (χ3v) is 1.90. The molecule has 0 aromatic carbocycles. The number of esters is 1. The maximum Gasteiger partial charge on any atom is 0.348 e. The Morgan fingerprint density at radius 2 is 2.64 bits per heavy atom. The summed E-state index contributed by atoms with van der Waals surface area (Å²) in [6, 6.07) is 4.45. The van der Waals surface area contributed by atoms with Gasteiger partial charge in [0.25, 0.3) is 0 Å². The topological polar surface area (TPSA) is 26.3 Å². The van der Waals surface area contributed by atoms with Gasteiger partial charge in [0, 0.05) is 0 Å². The highest BCUT2D eigenvalue weighted by molar-refractivity contribution is 7.11. The molecule has 0 bridgehead atoms. The highest BCUT2D eigenvalue weighted by Gasteiger charge is 2.05. The molecule has 2 nitrogen and oxygen atoms in total. The van der Waals surface area contributed by atoms with Gasteiger partial charge in [-0.3, -0.25) is 0 Å². The van der Waals surface area contributed by atoms with E-state index in [2.05, 4.69) is 6.07 Å². The van der Waals surface area contributed by atoms with Gasteiger partial charge in [0.2, 0.25) is 0 Å². The summed E-state index contributed by atoms with van der Waals surface area (Å²) in [5.74, 6) is -0.238. The fourth-order valence-corrected chi connectivity index (χ4v) is 1.17. The van der Waals surface area contributed by atoms with Crippen LogP contribution in [0.15, 0.2) is 11.4 Å². The molecule has 1 heterocycles. The molecule has 11 heavy (non-hydrogen) atoms. The van der Waals surface area contributed by atoms with Crippen molar-refractivity contribution in [3.05, 3.63) is 22.4 Å². The molecule has 0 aliphatic heterocycles. The lowest BCUT2D eigenvalue weighted by Crippen LogP contribution is -2.03. The van der Waals surface area contributed by atoms with Crippen LogP contribution in [0.2, 0.25) is 0 Å². The lowest BCUT2D eigenvalue weighted by molar-refractivity contribution is 0.0511. The summed E-state index contributed by atoms with van der Waals surface area (Å²) in [5.41, 5.74) is 0. The van der Waals surface area contributed by atoms with E-state index < -0.39 is 0 Å². The molecular weight excluding hydrogens is 160 g/mol. The summed E-state index contributed by atoms with van der Waals surface area (Å²) in [5, 5.41) is 1.74. The average molecular weight is 169 g/mol. The van der Waals surface area contributed by atoms with Crippen molar-refractivity contribution in [1.82, 2.24) is 0 Å². The van der Waals surface area contributed by atoms with Gasteiger partial charge in [-0.15, -0.1) is 11.3 Å². The number of rotatable bonds is 3. The second-order valence-corrected chi connectivity index (χ2v) is 2.96. The van der Waals surface area contributed by atoms with Crippen LogP contribution in [-0.2, 0) is 4.74 Å². The molecule has 59 valence electrons. The van der Waals surface area contributed by atoms with Crippen molar-refractivity contribution >= 4 is 17.3 Å². The lowest BCUT2D eigenvalue weighted by atomic mass is 10.5. The van der Waals surface area contributed by atoms with Crippen molar-refractivity contribution in [2.24, 2.45) is 0 Å². The van der Waals surface area contributed by atoms with Gasteiger partial charge >= 0.3 is 5.97 Å². The van der Waals surface area contributed by atoms with Crippen LogP contribution in [0, 0.1) is 6.07 Å². The molecule has 0 saturated heterocycles. The number of hydrogen-bond acceptors (Lipinski definition) is 3. The van der Waals surface area contributed by atoms with Gasteiger partial charge in [-0.2, -0.15) is 0 Å². The van der Waals surface area contributed by atoms with Crippen LogP contribution in [0.4, 0.5) is 0 Å². The Morgan fingerprint density at radius 1 is 1.82 bits per heavy atom. The molecule has 0 aliphatic rings. The Kier molecular flexibility index (Phi) is 3.11. The molecule has 1 radical (unpaired) electrons. The van der Waals surface area contributed by atoms with E-state index in [9.17, 15) is 4.79 Å². The lowest BCUT2D eigenvalue weighted by Gasteiger charge is -1.98. The Bertz CT molecular complexity index is 216. The molecule has 0 N–H and O–H groups in total. The predicted molar refractivity (Wildman–Crippen MR) is 43.7 cm³/mol. The van der Waals surface area contributed by atoms with Crippen molar-refractivity contribution in [3.8, 4) is 0 Å². The van der Waals surface area contributed by atoms with Gasteiger partial charge in [0.1, 0.15) is 4.88 Å². The number of carbonyl (C=O) groups is 1. The van der Waals surface area contributed by atoms with Crippen molar-refractivity contribution < 1.29 is 9.53 Å². The second-order valence-electron chi connectivity index (χ2n) is 2.05. The standard InChI is InChI=1S/C8H9O2S/c1-2-5-10-8(9)7-4-3-6-11-7/h4,6H,2,5H2,1H3. The molecular formula is C8H9O2S. The third-order valence-electron chi connectivity index (χ3n) is 1.11. The zero-order valence-corrected chi connectivity index (χ0v) is 7.11. The fraction of sp³-hybridized carbons (Fsp3) is 0.375. The summed E-state index contributed by atoms with van der Waals surface area (Å²) < 4.78 is 4.89. The molecule has 1 aromatic rings. The Labute approximate surface area is 69.8 Å². The Morgan fingerprint density at radius 3 is 3.18 bits per heavy atom. The maximum atomic E-state index is 11.0. The number of carbonyl (C=O) groups excluding carboxylic acids is 1. The van der Waals surface area contributed by atoms with Crippen molar-refractivity contribution in [1.29, 1.82) is 0 Å². The predicted octanol–water partition coefficient (Wildman–Crippen LogP) is 2.12. The molecule has 1 aromatic heterocycles. The summed E-state index contributed by atoms with van der Waals surface area (Å²) in [7, 11) is 0. The minimum Gasteiger partial charge on any atom is -0.462 e. The first-order valence-corrected chi connectivity index (χ1v) is 4.34. The fourth-order valence-electron chi connectivity index (χ4n) is 0.614. The van der Waals surface area contributed by atoms with Crippen molar-refractivity contribution in [3.63, 3.8) is 0 Å². The van der Waals surface area contributed by atoms with Gasteiger partial charge < -0.3 is 4.74 Å². The normalized spacial score (nSPS) is 9.55. The van der Waals surface area contributed by atoms with E-state index in [1.54, 1.807) is 11.4 Å². The largest absolute Gasteiger partial charge is 0.462 e. The molecule has 3 heteroatoms. The van der Waals surface area contributed by atoms with Crippen molar-refractivity contribution in [2.45, 2.75) is 13.3 Å². The zero-order valence-electron chi connectivity index (χ0n) is 6.29. The van der Waals surface area contributed by atoms with Crippen LogP contribution in [0.25, 0.3) is 0 Å². The third kappa shape index (κ3) is 2.35. The summed E-state index contributed by atoms with van der Waals surface area (Å²) in [6.45, 7) is 2.46. The second kappa shape index (κ2) is 4.13. The van der Waals surface area contributed by atoms with Crippen LogP contribution < -0.4 is 0 Å². The first-order valence-electron chi connectivity index (χ1n) is 3.46. The smallest absolute Gasteiger partial charge is 0.348 e. The maximum absolute atomic E-state index is 11.0. The van der Waals surface area contributed by atoms with E-state index in [4.69, 9.17) is 4.74 Å². The van der Waals surface area contributed by atoms with Crippen LogP contribution in [0.5, 0.6) is 0 Å². The van der Waals surface area contributed by atoms with Gasteiger partial charge in [0.15, 0.2) is 0 Å². The number of thiophene rings is 1. The highest BCUT2D eigenvalue weighted by atomic mass is 32.1. The van der Waals surface area contributed by atoms with E-state index in [0.29, 0.717) is 11.5 Å². The quantitative estimate of drug-likeness (QED) is 0.648. The summed E-state index contributed by atoms with van der Waals surface area (Å²) in [4.78, 5) is 11.7. The Hall–Kier alpha value is -0.830. The molecule has 0 aliphatic carbocycles.